The molecule has 2 aromatic heterocycles. The van der Waals surface area contributed by atoms with Crippen LogP contribution in [0.15, 0.2) is 18.7 Å². The SMILES string of the molecule is O=C(NC1CCC(O)CC1)c1nc(-n2ccnc2)nc2c1CCC2. The first-order valence-electron chi connectivity index (χ1n) is 8.58. The normalized spacial score (nSPS) is 23.0. The Balaban J connectivity index is 1.60. The van der Waals surface area contributed by atoms with Crippen LogP contribution in [0.2, 0.25) is 0 Å². The molecule has 126 valence electrons. The summed E-state index contributed by atoms with van der Waals surface area (Å²) in [7, 11) is 0. The summed E-state index contributed by atoms with van der Waals surface area (Å²) in [6.07, 6.45) is 10.7. The molecule has 0 bridgehead atoms. The smallest absolute Gasteiger partial charge is 0.270 e. The summed E-state index contributed by atoms with van der Waals surface area (Å²) in [5, 5.41) is 12.7. The maximum Gasteiger partial charge on any atom is 0.270 e. The van der Waals surface area contributed by atoms with Gasteiger partial charge in [0.15, 0.2) is 0 Å². The van der Waals surface area contributed by atoms with Crippen LogP contribution in [0.4, 0.5) is 0 Å². The lowest BCUT2D eigenvalue weighted by Gasteiger charge is -2.26. The minimum absolute atomic E-state index is 0.115. The van der Waals surface area contributed by atoms with E-state index in [0.717, 1.165) is 56.2 Å². The monoisotopic (exact) mass is 327 g/mol. The molecule has 0 atom stereocenters. The highest BCUT2D eigenvalue weighted by Crippen LogP contribution is 2.25. The lowest BCUT2D eigenvalue weighted by Crippen LogP contribution is -2.39. The molecule has 2 aliphatic carbocycles. The van der Waals surface area contributed by atoms with Gasteiger partial charge in [0.1, 0.15) is 12.0 Å². The van der Waals surface area contributed by atoms with Gasteiger partial charge in [-0.05, 0) is 44.9 Å². The molecule has 0 radical (unpaired) electrons. The summed E-state index contributed by atoms with van der Waals surface area (Å²) < 4.78 is 1.73. The van der Waals surface area contributed by atoms with E-state index < -0.39 is 0 Å². The largest absolute Gasteiger partial charge is 0.393 e. The van der Waals surface area contributed by atoms with Gasteiger partial charge in [0, 0.05) is 29.7 Å². The predicted octanol–water partition coefficient (Wildman–Crippen LogP) is 1.18. The molecule has 0 aliphatic heterocycles. The van der Waals surface area contributed by atoms with Crippen LogP contribution in [0.1, 0.15) is 53.8 Å². The third-order valence-corrected chi connectivity index (χ3v) is 4.90. The van der Waals surface area contributed by atoms with Crippen molar-refractivity contribution in [2.75, 3.05) is 0 Å². The summed E-state index contributed by atoms with van der Waals surface area (Å²) in [4.78, 5) is 25.9. The Bertz CT molecular complexity index is 736. The van der Waals surface area contributed by atoms with Crippen molar-refractivity contribution >= 4 is 5.91 Å². The highest BCUT2D eigenvalue weighted by Gasteiger charge is 2.27. The fourth-order valence-electron chi connectivity index (χ4n) is 3.57. The molecule has 2 heterocycles. The van der Waals surface area contributed by atoms with E-state index in [0.29, 0.717) is 11.6 Å². The number of aliphatic hydroxyl groups excluding tert-OH is 1. The second-order valence-corrected chi connectivity index (χ2v) is 6.60. The third-order valence-electron chi connectivity index (χ3n) is 4.90. The number of imidazole rings is 1. The van der Waals surface area contributed by atoms with Crippen molar-refractivity contribution in [3.63, 3.8) is 0 Å². The topological polar surface area (TPSA) is 92.9 Å². The summed E-state index contributed by atoms with van der Waals surface area (Å²) in [5.41, 5.74) is 2.44. The van der Waals surface area contributed by atoms with Gasteiger partial charge in [-0.25, -0.2) is 15.0 Å². The van der Waals surface area contributed by atoms with Crippen molar-refractivity contribution in [3.8, 4) is 5.95 Å². The summed E-state index contributed by atoms with van der Waals surface area (Å²) >= 11 is 0. The van der Waals surface area contributed by atoms with Crippen LogP contribution in [-0.4, -0.2) is 42.7 Å². The van der Waals surface area contributed by atoms with Gasteiger partial charge >= 0.3 is 0 Å². The molecule has 2 aliphatic rings. The first-order valence-corrected chi connectivity index (χ1v) is 8.58. The standard InChI is InChI=1S/C17H21N5O2/c23-12-6-4-11(5-7-12)19-16(24)15-13-2-1-3-14(13)20-17(21-15)22-9-8-18-10-22/h8-12,23H,1-7H2,(H,19,24). The van der Waals surface area contributed by atoms with E-state index in [2.05, 4.69) is 20.3 Å². The number of carbonyl (C=O) groups is 1. The van der Waals surface area contributed by atoms with Gasteiger partial charge in [-0.3, -0.25) is 9.36 Å². The zero-order valence-electron chi connectivity index (χ0n) is 13.5. The number of carbonyl (C=O) groups excluding carboxylic acids is 1. The Hall–Kier alpha value is -2.28. The molecule has 2 aromatic rings. The quantitative estimate of drug-likeness (QED) is 0.883. The number of nitrogens with one attached hydrogen (secondary N) is 1. The molecule has 7 heteroatoms. The van der Waals surface area contributed by atoms with Crippen LogP contribution < -0.4 is 5.32 Å². The molecule has 24 heavy (non-hydrogen) atoms. The number of hydrogen-bond acceptors (Lipinski definition) is 5. The van der Waals surface area contributed by atoms with E-state index in [9.17, 15) is 9.90 Å². The highest BCUT2D eigenvalue weighted by molar-refractivity contribution is 5.94. The maximum absolute atomic E-state index is 12.8. The van der Waals surface area contributed by atoms with E-state index in [4.69, 9.17) is 0 Å². The average molecular weight is 327 g/mol. The molecule has 0 unspecified atom stereocenters. The Kier molecular flexibility index (Phi) is 4.02. The first kappa shape index (κ1) is 15.3. The first-order chi connectivity index (χ1) is 11.7. The van der Waals surface area contributed by atoms with E-state index >= 15 is 0 Å². The van der Waals surface area contributed by atoms with Crippen LogP contribution in [0, 0.1) is 0 Å². The molecular weight excluding hydrogens is 306 g/mol. The van der Waals surface area contributed by atoms with Gasteiger partial charge in [-0.15, -0.1) is 0 Å². The van der Waals surface area contributed by atoms with Crippen LogP contribution in [0.25, 0.3) is 5.95 Å². The molecule has 7 nitrogen and oxygen atoms in total. The van der Waals surface area contributed by atoms with Crippen LogP contribution >= 0.6 is 0 Å². The lowest BCUT2D eigenvalue weighted by molar-refractivity contribution is 0.0862. The number of aromatic nitrogens is 4. The average Bonchev–Trinajstić information content (AvgIpc) is 3.27. The Morgan fingerprint density at radius 1 is 1.21 bits per heavy atom. The van der Waals surface area contributed by atoms with Gasteiger partial charge in [0.2, 0.25) is 5.95 Å². The second-order valence-electron chi connectivity index (χ2n) is 6.60. The lowest BCUT2D eigenvalue weighted by atomic mass is 9.93. The van der Waals surface area contributed by atoms with Gasteiger partial charge in [-0.2, -0.15) is 0 Å². The predicted molar refractivity (Wildman–Crippen MR) is 86.9 cm³/mol. The number of aliphatic hydroxyl groups is 1. The molecule has 1 amide bonds. The Morgan fingerprint density at radius 3 is 2.79 bits per heavy atom. The third kappa shape index (κ3) is 2.91. The molecule has 0 saturated heterocycles. The van der Waals surface area contributed by atoms with Crippen molar-refractivity contribution in [1.82, 2.24) is 24.8 Å². The van der Waals surface area contributed by atoms with Crippen molar-refractivity contribution in [2.45, 2.75) is 57.1 Å². The zero-order chi connectivity index (χ0) is 16.5. The van der Waals surface area contributed by atoms with Crippen LogP contribution in [0.5, 0.6) is 0 Å². The Labute approximate surface area is 140 Å². The molecule has 4 rings (SSSR count). The summed E-state index contributed by atoms with van der Waals surface area (Å²) in [6.45, 7) is 0. The van der Waals surface area contributed by atoms with E-state index in [-0.39, 0.29) is 18.1 Å². The van der Waals surface area contributed by atoms with Crippen molar-refractivity contribution in [3.05, 3.63) is 35.7 Å². The van der Waals surface area contributed by atoms with E-state index in [1.807, 2.05) is 0 Å². The summed E-state index contributed by atoms with van der Waals surface area (Å²) in [6, 6.07) is 0.115. The Morgan fingerprint density at radius 2 is 2.04 bits per heavy atom. The molecular formula is C17H21N5O2. The van der Waals surface area contributed by atoms with Crippen molar-refractivity contribution < 1.29 is 9.90 Å². The molecule has 0 aromatic carbocycles. The van der Waals surface area contributed by atoms with Crippen molar-refractivity contribution in [2.24, 2.45) is 0 Å². The van der Waals surface area contributed by atoms with E-state index in [1.165, 1.54) is 0 Å². The number of aryl methyl sites for hydroxylation is 1. The van der Waals surface area contributed by atoms with E-state index in [1.54, 1.807) is 23.3 Å². The molecule has 0 spiro atoms. The fourth-order valence-corrected chi connectivity index (χ4v) is 3.57. The molecule has 2 N–H and O–H groups in total. The summed E-state index contributed by atoms with van der Waals surface area (Å²) in [5.74, 6) is 0.371. The molecule has 1 saturated carbocycles. The number of rotatable bonds is 3. The minimum Gasteiger partial charge on any atom is -0.393 e. The minimum atomic E-state index is -0.228. The molecule has 1 fully saturated rings. The zero-order valence-corrected chi connectivity index (χ0v) is 13.5. The van der Waals surface area contributed by atoms with Gasteiger partial charge in [-0.1, -0.05) is 0 Å². The highest BCUT2D eigenvalue weighted by atomic mass is 16.3. The maximum atomic E-state index is 12.8. The fraction of sp³-hybridized carbons (Fsp3) is 0.529. The van der Waals surface area contributed by atoms with Gasteiger partial charge in [0.25, 0.3) is 5.91 Å². The number of nitrogens with zero attached hydrogens (tertiary/aromatic N) is 4. The van der Waals surface area contributed by atoms with Crippen LogP contribution in [-0.2, 0) is 12.8 Å². The number of amides is 1. The van der Waals surface area contributed by atoms with Gasteiger partial charge in [0.05, 0.1) is 6.10 Å². The second kappa shape index (κ2) is 6.32. The number of fused-ring (bicyclic) bond motifs is 1. The number of hydrogen-bond donors (Lipinski definition) is 2. The van der Waals surface area contributed by atoms with Gasteiger partial charge < -0.3 is 10.4 Å². The van der Waals surface area contributed by atoms with Crippen molar-refractivity contribution in [1.29, 1.82) is 0 Å². The van der Waals surface area contributed by atoms with Crippen LogP contribution in [0.3, 0.4) is 0 Å².